The summed E-state index contributed by atoms with van der Waals surface area (Å²) in [5.74, 6) is 0.909. The zero-order valence-corrected chi connectivity index (χ0v) is 6.90. The maximum atomic E-state index is 3.27. The van der Waals surface area contributed by atoms with Crippen LogP contribution in [0.3, 0.4) is 0 Å². The van der Waals surface area contributed by atoms with E-state index in [9.17, 15) is 0 Å². The van der Waals surface area contributed by atoms with Crippen LogP contribution in [0.2, 0.25) is 0 Å². The van der Waals surface area contributed by atoms with Gasteiger partial charge in [0.25, 0.3) is 0 Å². The maximum Gasteiger partial charge on any atom is 0.140 e. The third kappa shape index (κ3) is 1.74. The van der Waals surface area contributed by atoms with Gasteiger partial charge in [-0.3, -0.25) is 10.6 Å². The molecule has 0 aromatic carbocycles. The highest BCUT2D eigenvalue weighted by Gasteiger charge is 2.25. The Morgan fingerprint density at radius 2 is 1.91 bits per heavy atom. The van der Waals surface area contributed by atoms with E-state index < -0.39 is 0 Å². The second kappa shape index (κ2) is 3.55. The van der Waals surface area contributed by atoms with Gasteiger partial charge in [0, 0.05) is 12.6 Å². The average molecular weight is 152 g/mol. The van der Waals surface area contributed by atoms with Gasteiger partial charge in [-0.25, -0.2) is 0 Å². The van der Waals surface area contributed by atoms with E-state index in [1.54, 1.807) is 0 Å². The predicted octanol–water partition coefficient (Wildman–Crippen LogP) is 1.12. The fourth-order valence-electron chi connectivity index (χ4n) is 2.18. The first-order valence-corrected chi connectivity index (χ1v) is 4.70. The van der Waals surface area contributed by atoms with Crippen LogP contribution in [-0.2, 0) is 0 Å². The molecule has 2 fully saturated rings. The third-order valence-electron chi connectivity index (χ3n) is 2.89. The molecule has 2 rings (SSSR count). The first-order chi connectivity index (χ1) is 5.47. The van der Waals surface area contributed by atoms with Crippen LogP contribution in [0, 0.1) is 12.6 Å². The Bertz CT molecular complexity index is 113. The Balaban J connectivity index is 1.82. The molecule has 2 nitrogen and oxygen atoms in total. The highest BCUT2D eigenvalue weighted by atomic mass is 15.2. The summed E-state index contributed by atoms with van der Waals surface area (Å²) in [6.07, 6.45) is 7.15. The highest BCUT2D eigenvalue weighted by molar-refractivity contribution is 4.88. The lowest BCUT2D eigenvalue weighted by molar-refractivity contribution is 0.298. The molecule has 0 spiro atoms. The number of nitrogens with one attached hydrogen (secondary N) is 2. The normalized spacial score (nSPS) is 34.4. The van der Waals surface area contributed by atoms with Crippen LogP contribution in [0.15, 0.2) is 0 Å². The van der Waals surface area contributed by atoms with E-state index >= 15 is 0 Å². The summed E-state index contributed by atoms with van der Waals surface area (Å²) in [5.41, 5.74) is 0. The summed E-state index contributed by atoms with van der Waals surface area (Å²) in [6.45, 7) is 4.06. The summed E-state index contributed by atoms with van der Waals surface area (Å²) >= 11 is 0. The van der Waals surface area contributed by atoms with Crippen molar-refractivity contribution in [1.29, 1.82) is 0 Å². The van der Waals surface area contributed by atoms with Gasteiger partial charge in [-0.05, 0) is 18.8 Å². The van der Waals surface area contributed by atoms with Gasteiger partial charge in [-0.1, -0.05) is 19.3 Å². The van der Waals surface area contributed by atoms with Crippen LogP contribution in [0.25, 0.3) is 0 Å². The molecule has 1 saturated carbocycles. The number of hydrogen-bond donors (Lipinski definition) is 2. The largest absolute Gasteiger partial charge is 0.292 e. The SMILES string of the molecule is [C]1NCC(C2CCCCC2)N1. The molecule has 0 bridgehead atoms. The van der Waals surface area contributed by atoms with Gasteiger partial charge in [0.1, 0.15) is 6.67 Å². The van der Waals surface area contributed by atoms with E-state index in [1.807, 2.05) is 0 Å². The summed E-state index contributed by atoms with van der Waals surface area (Å²) in [7, 11) is 0. The van der Waals surface area contributed by atoms with E-state index in [4.69, 9.17) is 0 Å². The van der Waals surface area contributed by atoms with E-state index in [1.165, 1.54) is 32.1 Å². The molecule has 2 N–H and O–H groups in total. The van der Waals surface area contributed by atoms with Crippen molar-refractivity contribution in [2.75, 3.05) is 6.54 Å². The van der Waals surface area contributed by atoms with E-state index in [0.29, 0.717) is 6.04 Å². The van der Waals surface area contributed by atoms with E-state index in [0.717, 1.165) is 12.5 Å². The molecule has 1 atom stereocenters. The zero-order valence-electron chi connectivity index (χ0n) is 6.90. The fraction of sp³-hybridized carbons (Fsp3) is 0.889. The molecular weight excluding hydrogens is 136 g/mol. The monoisotopic (exact) mass is 152 g/mol. The van der Waals surface area contributed by atoms with E-state index in [2.05, 4.69) is 17.3 Å². The van der Waals surface area contributed by atoms with Crippen molar-refractivity contribution in [1.82, 2.24) is 10.6 Å². The minimum absolute atomic E-state index is 0.676. The smallest absolute Gasteiger partial charge is 0.140 e. The van der Waals surface area contributed by atoms with Crippen LogP contribution in [-0.4, -0.2) is 12.6 Å². The molecule has 1 unspecified atom stereocenters. The van der Waals surface area contributed by atoms with Crippen LogP contribution in [0.4, 0.5) is 0 Å². The van der Waals surface area contributed by atoms with Gasteiger partial charge in [0.15, 0.2) is 0 Å². The molecule has 62 valence electrons. The standard InChI is InChI=1S/C9H16N2/c1-2-4-8(5-3-1)9-6-10-7-11-9/h8-11H,1-6H2. The Hall–Kier alpha value is -0.0800. The molecule has 1 heterocycles. The van der Waals surface area contributed by atoms with Gasteiger partial charge < -0.3 is 0 Å². The first kappa shape index (κ1) is 7.56. The molecule has 0 aromatic heterocycles. The van der Waals surface area contributed by atoms with Gasteiger partial charge in [0.05, 0.1) is 0 Å². The molecule has 2 radical (unpaired) electrons. The molecule has 0 amide bonds. The van der Waals surface area contributed by atoms with Gasteiger partial charge in [0.2, 0.25) is 0 Å². The Morgan fingerprint density at radius 3 is 2.55 bits per heavy atom. The van der Waals surface area contributed by atoms with Crippen molar-refractivity contribution in [2.24, 2.45) is 5.92 Å². The Labute approximate surface area is 68.7 Å². The first-order valence-electron chi connectivity index (χ1n) is 4.70. The molecule has 2 aliphatic rings. The molecule has 2 heteroatoms. The molecule has 1 aliphatic carbocycles. The van der Waals surface area contributed by atoms with Crippen LogP contribution < -0.4 is 10.6 Å². The van der Waals surface area contributed by atoms with Crippen LogP contribution >= 0.6 is 0 Å². The number of rotatable bonds is 1. The van der Waals surface area contributed by atoms with E-state index in [-0.39, 0.29) is 0 Å². The Morgan fingerprint density at radius 1 is 1.09 bits per heavy atom. The van der Waals surface area contributed by atoms with Gasteiger partial charge in [-0.2, -0.15) is 0 Å². The summed E-state index contributed by atoms with van der Waals surface area (Å²) in [4.78, 5) is 0. The highest BCUT2D eigenvalue weighted by Crippen LogP contribution is 2.27. The van der Waals surface area contributed by atoms with Crippen LogP contribution in [0.5, 0.6) is 0 Å². The second-order valence-corrected chi connectivity index (χ2v) is 3.65. The second-order valence-electron chi connectivity index (χ2n) is 3.65. The quantitative estimate of drug-likeness (QED) is 0.588. The van der Waals surface area contributed by atoms with Crippen molar-refractivity contribution < 1.29 is 0 Å². The van der Waals surface area contributed by atoms with Crippen molar-refractivity contribution >= 4 is 0 Å². The lowest BCUT2D eigenvalue weighted by atomic mass is 9.84. The predicted molar refractivity (Wildman–Crippen MR) is 44.7 cm³/mol. The summed E-state index contributed by atoms with van der Waals surface area (Å²) in [5, 5.41) is 6.37. The Kier molecular flexibility index (Phi) is 2.44. The maximum absolute atomic E-state index is 3.27. The van der Waals surface area contributed by atoms with Gasteiger partial charge in [-0.15, -0.1) is 0 Å². The third-order valence-corrected chi connectivity index (χ3v) is 2.89. The zero-order chi connectivity index (χ0) is 7.52. The van der Waals surface area contributed by atoms with Gasteiger partial charge >= 0.3 is 0 Å². The fourth-order valence-corrected chi connectivity index (χ4v) is 2.18. The minimum Gasteiger partial charge on any atom is -0.292 e. The summed E-state index contributed by atoms with van der Waals surface area (Å²) in [6, 6.07) is 0.676. The lowest BCUT2D eigenvalue weighted by Crippen LogP contribution is -2.33. The van der Waals surface area contributed by atoms with Crippen molar-refractivity contribution in [3.8, 4) is 0 Å². The average Bonchev–Trinajstić information content (AvgIpc) is 2.58. The van der Waals surface area contributed by atoms with Crippen molar-refractivity contribution in [3.63, 3.8) is 0 Å². The van der Waals surface area contributed by atoms with Crippen LogP contribution in [0.1, 0.15) is 32.1 Å². The molecular formula is C9H16N2. The number of hydrogen-bond acceptors (Lipinski definition) is 2. The lowest BCUT2D eigenvalue weighted by Gasteiger charge is -2.26. The summed E-state index contributed by atoms with van der Waals surface area (Å²) < 4.78 is 0. The van der Waals surface area contributed by atoms with Crippen molar-refractivity contribution in [2.45, 2.75) is 38.1 Å². The molecule has 11 heavy (non-hydrogen) atoms. The molecule has 1 aliphatic heterocycles. The van der Waals surface area contributed by atoms with Crippen molar-refractivity contribution in [3.05, 3.63) is 6.67 Å². The molecule has 0 aromatic rings. The molecule has 1 saturated heterocycles. The minimum atomic E-state index is 0.676. The topological polar surface area (TPSA) is 24.1 Å².